The summed E-state index contributed by atoms with van der Waals surface area (Å²) in [6.07, 6.45) is 1.82. The Hall–Kier alpha value is -3.77. The van der Waals surface area contributed by atoms with E-state index in [9.17, 15) is 14.7 Å². The highest BCUT2D eigenvalue weighted by Crippen LogP contribution is 2.30. The van der Waals surface area contributed by atoms with Gasteiger partial charge < -0.3 is 19.1 Å². The number of carboxylic acids is 1. The predicted molar refractivity (Wildman–Crippen MR) is 131 cm³/mol. The normalized spacial score (nSPS) is 11.4. The second-order valence-electron chi connectivity index (χ2n) is 8.45. The summed E-state index contributed by atoms with van der Waals surface area (Å²) in [5.74, 6) is -0.120. The molecule has 0 amide bonds. The van der Waals surface area contributed by atoms with Crippen LogP contribution in [0.5, 0.6) is 11.5 Å². The number of carboxylic acid groups (broad SMARTS) is 1. The Kier molecular flexibility index (Phi) is 6.35. The molecule has 1 heterocycles. The minimum Gasteiger partial charge on any atom is -0.497 e. The number of aliphatic carboxylic acids is 1. The molecule has 0 saturated heterocycles. The van der Waals surface area contributed by atoms with Crippen LogP contribution in [0.3, 0.4) is 0 Å². The second kappa shape index (κ2) is 9.23. The molecule has 0 unspecified atom stereocenters. The monoisotopic (exact) mass is 477 g/mol. The SMILES string of the molecule is COc1ccc(C(=O)c2cn(Cc3ccc(Cl)cc3)c3cc(OC(C)(C)C(=O)O)ccc23)cc1. The van der Waals surface area contributed by atoms with Crippen molar-refractivity contribution in [3.8, 4) is 11.5 Å². The van der Waals surface area contributed by atoms with Crippen LogP contribution in [-0.4, -0.2) is 34.1 Å². The number of fused-ring (bicyclic) bond motifs is 1. The molecule has 0 bridgehead atoms. The number of hydrogen-bond donors (Lipinski definition) is 1. The molecule has 4 aromatic rings. The highest BCUT2D eigenvalue weighted by molar-refractivity contribution is 6.30. The molecule has 0 saturated carbocycles. The molecule has 1 aromatic heterocycles. The molecular formula is C27H24ClNO5. The molecule has 0 atom stereocenters. The van der Waals surface area contributed by atoms with E-state index >= 15 is 0 Å². The van der Waals surface area contributed by atoms with Gasteiger partial charge in [0.15, 0.2) is 11.4 Å². The van der Waals surface area contributed by atoms with Crippen LogP contribution in [0.2, 0.25) is 5.02 Å². The molecule has 0 aliphatic carbocycles. The highest BCUT2D eigenvalue weighted by atomic mass is 35.5. The first-order valence-corrected chi connectivity index (χ1v) is 11.0. The van der Waals surface area contributed by atoms with Crippen molar-refractivity contribution in [1.29, 1.82) is 0 Å². The molecule has 34 heavy (non-hydrogen) atoms. The minimum absolute atomic E-state index is 0.123. The Bertz CT molecular complexity index is 1350. The predicted octanol–water partition coefficient (Wildman–Crippen LogP) is 5.82. The fourth-order valence-electron chi connectivity index (χ4n) is 3.67. The molecule has 4 rings (SSSR count). The molecule has 1 N–H and O–H groups in total. The van der Waals surface area contributed by atoms with Gasteiger partial charge in [0, 0.05) is 40.3 Å². The first-order chi connectivity index (χ1) is 16.2. The molecule has 7 heteroatoms. The molecule has 6 nitrogen and oxygen atoms in total. The van der Waals surface area contributed by atoms with Gasteiger partial charge in [-0.1, -0.05) is 23.7 Å². The molecule has 174 valence electrons. The van der Waals surface area contributed by atoms with E-state index in [1.165, 1.54) is 13.8 Å². The van der Waals surface area contributed by atoms with E-state index in [0.29, 0.717) is 34.2 Å². The Morgan fingerprint density at radius 1 is 0.971 bits per heavy atom. The number of halogens is 1. The van der Waals surface area contributed by atoms with Crippen molar-refractivity contribution in [1.82, 2.24) is 4.57 Å². The quantitative estimate of drug-likeness (QED) is 0.323. The van der Waals surface area contributed by atoms with Crippen molar-refractivity contribution in [3.63, 3.8) is 0 Å². The first-order valence-electron chi connectivity index (χ1n) is 10.7. The summed E-state index contributed by atoms with van der Waals surface area (Å²) >= 11 is 6.03. The van der Waals surface area contributed by atoms with E-state index in [1.807, 2.05) is 35.0 Å². The van der Waals surface area contributed by atoms with Crippen molar-refractivity contribution in [2.45, 2.75) is 26.0 Å². The molecule has 0 aliphatic heterocycles. The van der Waals surface area contributed by atoms with E-state index in [-0.39, 0.29) is 5.78 Å². The van der Waals surface area contributed by atoms with Gasteiger partial charge in [-0.2, -0.15) is 0 Å². The van der Waals surface area contributed by atoms with Crippen LogP contribution in [0, 0.1) is 0 Å². The Morgan fingerprint density at radius 2 is 1.62 bits per heavy atom. The average molecular weight is 478 g/mol. The Balaban J connectivity index is 1.79. The van der Waals surface area contributed by atoms with Crippen LogP contribution in [-0.2, 0) is 11.3 Å². The minimum atomic E-state index is -1.40. The third kappa shape index (κ3) is 4.77. The molecule has 3 aromatic carbocycles. The van der Waals surface area contributed by atoms with Crippen LogP contribution in [0.25, 0.3) is 10.9 Å². The third-order valence-corrected chi connectivity index (χ3v) is 5.86. The summed E-state index contributed by atoms with van der Waals surface area (Å²) in [4.78, 5) is 24.9. The van der Waals surface area contributed by atoms with Gasteiger partial charge in [-0.25, -0.2) is 4.79 Å². The zero-order chi connectivity index (χ0) is 24.5. The number of carbonyl (C=O) groups excluding carboxylic acids is 1. The first kappa shape index (κ1) is 23.4. The molecular weight excluding hydrogens is 454 g/mol. The lowest BCUT2D eigenvalue weighted by Gasteiger charge is -2.21. The van der Waals surface area contributed by atoms with E-state index < -0.39 is 11.6 Å². The average Bonchev–Trinajstić information content (AvgIpc) is 3.17. The van der Waals surface area contributed by atoms with Gasteiger partial charge >= 0.3 is 5.97 Å². The standard InChI is InChI=1S/C27H24ClNO5/c1-27(2,26(31)32)34-21-12-13-22-23(25(30)18-6-10-20(33-3)11-7-18)16-29(24(22)14-21)15-17-4-8-19(28)9-5-17/h4-14,16H,15H2,1-3H3,(H,31,32). The molecule has 0 radical (unpaired) electrons. The Morgan fingerprint density at radius 3 is 2.24 bits per heavy atom. The molecule has 0 aliphatic rings. The summed E-state index contributed by atoms with van der Waals surface area (Å²) in [6.45, 7) is 3.48. The van der Waals surface area contributed by atoms with Crippen LogP contribution < -0.4 is 9.47 Å². The van der Waals surface area contributed by atoms with E-state index in [2.05, 4.69) is 0 Å². The van der Waals surface area contributed by atoms with E-state index in [0.717, 1.165) is 16.5 Å². The third-order valence-electron chi connectivity index (χ3n) is 5.60. The number of carbonyl (C=O) groups is 2. The fraction of sp³-hybridized carbons (Fsp3) is 0.185. The topological polar surface area (TPSA) is 77.8 Å². The van der Waals surface area contributed by atoms with Crippen LogP contribution in [0.15, 0.2) is 72.9 Å². The summed E-state index contributed by atoms with van der Waals surface area (Å²) < 4.78 is 12.9. The lowest BCUT2D eigenvalue weighted by molar-refractivity contribution is -0.152. The van der Waals surface area contributed by atoms with Crippen LogP contribution in [0.4, 0.5) is 0 Å². The van der Waals surface area contributed by atoms with Crippen molar-refractivity contribution in [3.05, 3.63) is 94.6 Å². The number of rotatable bonds is 8. The lowest BCUT2D eigenvalue weighted by atomic mass is 10.0. The number of hydrogen-bond acceptors (Lipinski definition) is 4. The van der Waals surface area contributed by atoms with Gasteiger partial charge in [0.05, 0.1) is 12.6 Å². The Labute approximate surface area is 202 Å². The number of nitrogens with zero attached hydrogens (tertiary/aromatic N) is 1. The van der Waals surface area contributed by atoms with Crippen LogP contribution >= 0.6 is 11.6 Å². The maximum absolute atomic E-state index is 13.4. The van der Waals surface area contributed by atoms with Crippen molar-refractivity contribution in [2.24, 2.45) is 0 Å². The van der Waals surface area contributed by atoms with Gasteiger partial charge in [-0.05, 0) is 67.9 Å². The summed E-state index contributed by atoms with van der Waals surface area (Å²) in [7, 11) is 1.58. The van der Waals surface area contributed by atoms with E-state index in [1.54, 1.807) is 49.6 Å². The summed E-state index contributed by atoms with van der Waals surface area (Å²) in [6, 6.07) is 19.7. The lowest BCUT2D eigenvalue weighted by Crippen LogP contribution is -2.37. The number of ketones is 1. The maximum Gasteiger partial charge on any atom is 0.347 e. The second-order valence-corrected chi connectivity index (χ2v) is 8.89. The van der Waals surface area contributed by atoms with Crippen molar-refractivity contribution >= 4 is 34.3 Å². The van der Waals surface area contributed by atoms with Crippen LogP contribution in [0.1, 0.15) is 35.3 Å². The van der Waals surface area contributed by atoms with E-state index in [4.69, 9.17) is 21.1 Å². The smallest absolute Gasteiger partial charge is 0.347 e. The summed E-state index contributed by atoms with van der Waals surface area (Å²) in [5, 5.41) is 10.8. The number of benzene rings is 3. The van der Waals surface area contributed by atoms with Gasteiger partial charge in [0.25, 0.3) is 0 Å². The van der Waals surface area contributed by atoms with Crippen molar-refractivity contribution < 1.29 is 24.2 Å². The number of aromatic nitrogens is 1. The zero-order valence-electron chi connectivity index (χ0n) is 19.0. The van der Waals surface area contributed by atoms with Gasteiger partial charge in [-0.3, -0.25) is 4.79 Å². The molecule has 0 spiro atoms. The van der Waals surface area contributed by atoms with Gasteiger partial charge in [0.1, 0.15) is 11.5 Å². The summed E-state index contributed by atoms with van der Waals surface area (Å²) in [5.41, 5.74) is 1.44. The zero-order valence-corrected chi connectivity index (χ0v) is 19.8. The van der Waals surface area contributed by atoms with Crippen molar-refractivity contribution in [2.75, 3.05) is 7.11 Å². The maximum atomic E-state index is 13.4. The highest BCUT2D eigenvalue weighted by Gasteiger charge is 2.29. The number of methoxy groups -OCH3 is 1. The largest absolute Gasteiger partial charge is 0.497 e. The number of ether oxygens (including phenoxy) is 2. The fourth-order valence-corrected chi connectivity index (χ4v) is 3.80. The van der Waals surface area contributed by atoms with Gasteiger partial charge in [-0.15, -0.1) is 0 Å². The van der Waals surface area contributed by atoms with Gasteiger partial charge in [0.2, 0.25) is 0 Å². The molecule has 0 fully saturated rings.